The van der Waals surface area contributed by atoms with Gasteiger partial charge in [0.1, 0.15) is 11.6 Å². The van der Waals surface area contributed by atoms with Gasteiger partial charge in [0.2, 0.25) is 0 Å². The Morgan fingerprint density at radius 1 is 1.00 bits per heavy atom. The minimum atomic E-state index is 0.531. The molecule has 2 unspecified atom stereocenters. The summed E-state index contributed by atoms with van der Waals surface area (Å²) in [6.45, 7) is 15.4. The third-order valence-electron chi connectivity index (χ3n) is 7.61. The maximum atomic E-state index is 5.16. The molecular weight excluding hydrogens is 370 g/mol. The van der Waals surface area contributed by atoms with E-state index in [9.17, 15) is 0 Å². The molecule has 0 aliphatic carbocycles. The van der Waals surface area contributed by atoms with Gasteiger partial charge in [-0.15, -0.1) is 0 Å². The zero-order chi connectivity index (χ0) is 21.1. The predicted octanol–water partition coefficient (Wildman–Crippen LogP) is 4.54. The first-order valence-electron chi connectivity index (χ1n) is 12.6. The normalized spacial score (nSPS) is 26.7. The molecule has 30 heavy (non-hydrogen) atoms. The molecule has 0 N–H and O–H groups in total. The monoisotopic (exact) mass is 413 g/mol. The van der Waals surface area contributed by atoms with Crippen molar-refractivity contribution in [2.24, 2.45) is 5.92 Å². The molecule has 3 aliphatic heterocycles. The molecule has 2 bridgehead atoms. The van der Waals surface area contributed by atoms with E-state index in [0.717, 1.165) is 11.7 Å². The van der Waals surface area contributed by atoms with Crippen molar-refractivity contribution < 1.29 is 0 Å². The van der Waals surface area contributed by atoms with Gasteiger partial charge in [0.25, 0.3) is 0 Å². The number of likely N-dealkylation sites (tertiary alicyclic amines) is 2. The van der Waals surface area contributed by atoms with Gasteiger partial charge in [-0.3, -0.25) is 4.90 Å². The van der Waals surface area contributed by atoms with Crippen molar-refractivity contribution >= 4 is 5.82 Å². The highest BCUT2D eigenvalue weighted by Gasteiger charge is 2.39. The molecule has 3 aliphatic rings. The molecular formula is C25H43N5. The molecule has 3 saturated heterocycles. The van der Waals surface area contributed by atoms with E-state index in [-0.39, 0.29) is 0 Å². The van der Waals surface area contributed by atoms with Gasteiger partial charge in [0.05, 0.1) is 0 Å². The Hall–Kier alpha value is -1.20. The largest absolute Gasteiger partial charge is 0.348 e. The predicted molar refractivity (Wildman–Crippen MR) is 125 cm³/mol. The number of piperazine rings is 1. The Labute approximate surface area is 184 Å². The van der Waals surface area contributed by atoms with Crippen molar-refractivity contribution in [3.8, 4) is 0 Å². The van der Waals surface area contributed by atoms with E-state index >= 15 is 0 Å². The zero-order valence-electron chi connectivity index (χ0n) is 19.8. The van der Waals surface area contributed by atoms with Crippen molar-refractivity contribution in [1.82, 2.24) is 19.8 Å². The van der Waals surface area contributed by atoms with Crippen LogP contribution in [-0.2, 0) is 0 Å². The summed E-state index contributed by atoms with van der Waals surface area (Å²) in [6, 6.07) is 4.04. The maximum absolute atomic E-state index is 5.16. The Morgan fingerprint density at radius 2 is 1.70 bits per heavy atom. The summed E-state index contributed by atoms with van der Waals surface area (Å²) in [7, 11) is 0. The average Bonchev–Trinajstić information content (AvgIpc) is 2.73. The molecule has 1 aromatic rings. The lowest BCUT2D eigenvalue weighted by Gasteiger charge is -2.52. The Kier molecular flexibility index (Phi) is 7.30. The summed E-state index contributed by atoms with van der Waals surface area (Å²) in [5.74, 6) is 3.64. The number of anilines is 1. The molecule has 1 aromatic heterocycles. The van der Waals surface area contributed by atoms with E-state index in [1.165, 1.54) is 83.5 Å². The molecule has 4 heterocycles. The van der Waals surface area contributed by atoms with Crippen molar-refractivity contribution in [1.29, 1.82) is 0 Å². The quantitative estimate of drug-likeness (QED) is 0.656. The first-order valence-corrected chi connectivity index (χ1v) is 12.6. The van der Waals surface area contributed by atoms with Crippen LogP contribution in [0.15, 0.2) is 12.3 Å². The lowest BCUT2D eigenvalue weighted by atomic mass is 9.90. The summed E-state index contributed by atoms with van der Waals surface area (Å²) in [5, 5.41) is 0. The number of hydrogen-bond acceptors (Lipinski definition) is 5. The van der Waals surface area contributed by atoms with E-state index in [0.29, 0.717) is 24.0 Å². The van der Waals surface area contributed by atoms with Crippen LogP contribution in [0.5, 0.6) is 0 Å². The van der Waals surface area contributed by atoms with Gasteiger partial charge < -0.3 is 9.80 Å². The third-order valence-corrected chi connectivity index (χ3v) is 7.61. The number of fused-ring (bicyclic) bond motifs is 2. The fourth-order valence-corrected chi connectivity index (χ4v) is 5.78. The second-order valence-corrected chi connectivity index (χ2v) is 10.6. The Balaban J connectivity index is 1.38. The SMILES string of the molecule is CC(C)CCCN1CCC(c2nccc(N3C4CCCC3CN(C(C)C)C4)n2)CC1. The third kappa shape index (κ3) is 5.16. The molecule has 3 fully saturated rings. The van der Waals surface area contributed by atoms with Gasteiger partial charge in [-0.2, -0.15) is 0 Å². The van der Waals surface area contributed by atoms with Gasteiger partial charge in [-0.1, -0.05) is 13.8 Å². The molecule has 4 rings (SSSR count). The number of rotatable bonds is 7. The van der Waals surface area contributed by atoms with Crippen molar-refractivity contribution in [3.63, 3.8) is 0 Å². The lowest BCUT2D eigenvalue weighted by Crippen LogP contribution is -2.62. The van der Waals surface area contributed by atoms with Gasteiger partial charge in [-0.25, -0.2) is 9.97 Å². The minimum Gasteiger partial charge on any atom is -0.348 e. The van der Waals surface area contributed by atoms with Gasteiger partial charge in [0.15, 0.2) is 0 Å². The van der Waals surface area contributed by atoms with Crippen LogP contribution in [0.1, 0.15) is 84.4 Å². The van der Waals surface area contributed by atoms with Crippen molar-refractivity contribution in [2.75, 3.05) is 37.6 Å². The molecule has 0 spiro atoms. The summed E-state index contributed by atoms with van der Waals surface area (Å²) < 4.78 is 0. The second-order valence-electron chi connectivity index (χ2n) is 10.6. The minimum absolute atomic E-state index is 0.531. The molecule has 2 atom stereocenters. The van der Waals surface area contributed by atoms with Gasteiger partial charge in [-0.05, 0) is 90.4 Å². The molecule has 0 saturated carbocycles. The fourth-order valence-electron chi connectivity index (χ4n) is 5.78. The second kappa shape index (κ2) is 9.95. The van der Waals surface area contributed by atoms with Gasteiger partial charge in [0, 0.05) is 43.3 Å². The number of nitrogens with zero attached hydrogens (tertiary/aromatic N) is 5. The smallest absolute Gasteiger partial charge is 0.133 e. The first kappa shape index (κ1) is 22.0. The summed E-state index contributed by atoms with van der Waals surface area (Å²) >= 11 is 0. The molecule has 5 nitrogen and oxygen atoms in total. The summed E-state index contributed by atoms with van der Waals surface area (Å²) in [5.41, 5.74) is 0. The number of aromatic nitrogens is 2. The van der Waals surface area contributed by atoms with Crippen LogP contribution in [0.3, 0.4) is 0 Å². The first-order chi connectivity index (χ1) is 14.5. The number of piperidine rings is 2. The van der Waals surface area contributed by atoms with Crippen molar-refractivity contribution in [3.05, 3.63) is 18.1 Å². The molecule has 0 aromatic carbocycles. The maximum Gasteiger partial charge on any atom is 0.133 e. The van der Waals surface area contributed by atoms with E-state index in [1.807, 2.05) is 6.20 Å². The lowest BCUT2D eigenvalue weighted by molar-refractivity contribution is 0.125. The van der Waals surface area contributed by atoms with Crippen LogP contribution in [0.25, 0.3) is 0 Å². The van der Waals surface area contributed by atoms with Crippen molar-refractivity contribution in [2.45, 2.75) is 96.7 Å². The topological polar surface area (TPSA) is 35.5 Å². The highest BCUT2D eigenvalue weighted by Crippen LogP contribution is 2.34. The van der Waals surface area contributed by atoms with E-state index in [1.54, 1.807) is 0 Å². The molecule has 0 amide bonds. The van der Waals surface area contributed by atoms with Crippen LogP contribution in [0, 0.1) is 5.92 Å². The van der Waals surface area contributed by atoms with Crippen LogP contribution < -0.4 is 4.90 Å². The molecule has 5 heteroatoms. The molecule has 168 valence electrons. The Bertz CT molecular complexity index is 653. The molecule has 0 radical (unpaired) electrons. The van der Waals surface area contributed by atoms with E-state index in [2.05, 4.69) is 48.5 Å². The van der Waals surface area contributed by atoms with E-state index in [4.69, 9.17) is 9.97 Å². The van der Waals surface area contributed by atoms with Crippen LogP contribution in [-0.4, -0.2) is 70.6 Å². The highest BCUT2D eigenvalue weighted by molar-refractivity contribution is 5.43. The highest BCUT2D eigenvalue weighted by atomic mass is 15.3. The van der Waals surface area contributed by atoms with Crippen LogP contribution >= 0.6 is 0 Å². The van der Waals surface area contributed by atoms with Gasteiger partial charge >= 0.3 is 0 Å². The summed E-state index contributed by atoms with van der Waals surface area (Å²) in [6.07, 6.45) is 11.1. The van der Waals surface area contributed by atoms with E-state index < -0.39 is 0 Å². The van der Waals surface area contributed by atoms with Crippen LogP contribution in [0.2, 0.25) is 0 Å². The Morgan fingerprint density at radius 3 is 2.33 bits per heavy atom. The zero-order valence-corrected chi connectivity index (χ0v) is 19.8. The number of hydrogen-bond donors (Lipinski definition) is 0. The van der Waals surface area contributed by atoms with Crippen LogP contribution in [0.4, 0.5) is 5.82 Å². The summed E-state index contributed by atoms with van der Waals surface area (Å²) in [4.78, 5) is 17.9. The average molecular weight is 414 g/mol. The fraction of sp³-hybridized carbons (Fsp3) is 0.840. The standard InChI is InChI=1S/C25H43N5/c1-19(2)7-6-14-28-15-11-21(12-16-28)25-26-13-10-24(27-25)30-22-8-5-9-23(30)18-29(17-22)20(3)4/h10,13,19-23H,5-9,11-12,14-18H2,1-4H3.